The zero-order valence-electron chi connectivity index (χ0n) is 12.2. The number of piperidine rings is 1. The molecule has 0 bridgehead atoms. The quantitative estimate of drug-likeness (QED) is 0.800. The van der Waals surface area contributed by atoms with E-state index in [0.717, 1.165) is 6.54 Å². The van der Waals surface area contributed by atoms with Gasteiger partial charge in [-0.15, -0.1) is 0 Å². The lowest BCUT2D eigenvalue weighted by atomic mass is 9.68. The molecule has 0 aromatic heterocycles. The molecule has 19 heavy (non-hydrogen) atoms. The second-order valence-electron chi connectivity index (χ2n) is 7.18. The van der Waals surface area contributed by atoms with Crippen molar-refractivity contribution in [2.45, 2.75) is 69.9 Å². The monoisotopic (exact) mass is 266 g/mol. The number of hydrogen-bond acceptors (Lipinski definition) is 3. The number of hydrogen-bond donors (Lipinski definition) is 2. The molecule has 2 saturated carbocycles. The van der Waals surface area contributed by atoms with Crippen molar-refractivity contribution < 1.29 is 5.11 Å². The summed E-state index contributed by atoms with van der Waals surface area (Å²) in [4.78, 5) is 2.58. The molecule has 1 unspecified atom stereocenters. The van der Waals surface area contributed by atoms with E-state index in [-0.39, 0.29) is 6.61 Å². The second-order valence-corrected chi connectivity index (χ2v) is 7.18. The van der Waals surface area contributed by atoms with Crippen molar-refractivity contribution in [3.8, 4) is 0 Å². The smallest absolute Gasteiger partial charge is 0.0597 e. The Kier molecular flexibility index (Phi) is 4.45. The summed E-state index contributed by atoms with van der Waals surface area (Å²) < 4.78 is 0. The van der Waals surface area contributed by atoms with Gasteiger partial charge in [0.25, 0.3) is 0 Å². The standard InChI is InChI=1S/C16H30N2O/c19-13-15(17-14-4-5-14)12-18-10-8-16(9-11-18)6-2-1-3-7-16/h14-15,17,19H,1-13H2. The van der Waals surface area contributed by atoms with Gasteiger partial charge in [-0.1, -0.05) is 19.3 Å². The van der Waals surface area contributed by atoms with Gasteiger partial charge in [-0.3, -0.25) is 0 Å². The number of aliphatic hydroxyl groups excluding tert-OH is 1. The predicted molar refractivity (Wildman–Crippen MR) is 78.2 cm³/mol. The first-order valence-corrected chi connectivity index (χ1v) is 8.39. The van der Waals surface area contributed by atoms with Gasteiger partial charge in [0, 0.05) is 18.6 Å². The minimum absolute atomic E-state index is 0.290. The SMILES string of the molecule is OCC(CN1CCC2(CCCCC2)CC1)NC1CC1. The number of nitrogens with one attached hydrogen (secondary N) is 1. The Labute approximate surface area is 117 Å². The number of likely N-dealkylation sites (tertiary alicyclic amines) is 1. The number of rotatable bonds is 5. The van der Waals surface area contributed by atoms with Crippen LogP contribution >= 0.6 is 0 Å². The van der Waals surface area contributed by atoms with Crippen LogP contribution in [0.2, 0.25) is 0 Å². The summed E-state index contributed by atoms with van der Waals surface area (Å²) in [5.41, 5.74) is 0.702. The average molecular weight is 266 g/mol. The Bertz CT molecular complexity index is 274. The third kappa shape index (κ3) is 3.71. The lowest BCUT2D eigenvalue weighted by Crippen LogP contribution is -2.48. The number of aliphatic hydroxyl groups is 1. The van der Waals surface area contributed by atoms with Gasteiger partial charge in [-0.05, 0) is 57.0 Å². The first-order chi connectivity index (χ1) is 9.30. The summed E-state index contributed by atoms with van der Waals surface area (Å²) in [6.45, 7) is 3.84. The van der Waals surface area contributed by atoms with E-state index in [4.69, 9.17) is 0 Å². The fourth-order valence-corrected chi connectivity index (χ4v) is 4.07. The molecule has 1 heterocycles. The van der Waals surface area contributed by atoms with Crippen LogP contribution in [-0.2, 0) is 0 Å². The predicted octanol–water partition coefficient (Wildman–Crippen LogP) is 2.15. The van der Waals surface area contributed by atoms with Crippen molar-refractivity contribution in [3.05, 3.63) is 0 Å². The van der Waals surface area contributed by atoms with E-state index in [0.29, 0.717) is 17.5 Å². The van der Waals surface area contributed by atoms with E-state index in [1.807, 2.05) is 0 Å². The molecule has 0 aromatic rings. The molecule has 3 nitrogen and oxygen atoms in total. The molecule has 3 fully saturated rings. The summed E-state index contributed by atoms with van der Waals surface area (Å²) in [5.74, 6) is 0. The lowest BCUT2D eigenvalue weighted by Gasteiger charge is -2.45. The van der Waals surface area contributed by atoms with Crippen LogP contribution in [0.5, 0.6) is 0 Å². The van der Waals surface area contributed by atoms with Crippen molar-refractivity contribution in [1.29, 1.82) is 0 Å². The topological polar surface area (TPSA) is 35.5 Å². The van der Waals surface area contributed by atoms with Gasteiger partial charge in [0.15, 0.2) is 0 Å². The molecular weight excluding hydrogens is 236 g/mol. The third-order valence-corrected chi connectivity index (χ3v) is 5.58. The molecule has 0 radical (unpaired) electrons. The summed E-state index contributed by atoms with van der Waals surface area (Å²) in [6, 6.07) is 1.000. The van der Waals surface area contributed by atoms with E-state index in [2.05, 4.69) is 10.2 Å². The van der Waals surface area contributed by atoms with E-state index in [1.165, 1.54) is 70.9 Å². The van der Waals surface area contributed by atoms with Gasteiger partial charge >= 0.3 is 0 Å². The molecular formula is C16H30N2O. The van der Waals surface area contributed by atoms with Crippen LogP contribution in [0, 0.1) is 5.41 Å². The fraction of sp³-hybridized carbons (Fsp3) is 1.00. The van der Waals surface area contributed by atoms with Gasteiger partial charge in [-0.2, -0.15) is 0 Å². The molecule has 3 aliphatic rings. The van der Waals surface area contributed by atoms with Crippen LogP contribution in [0.25, 0.3) is 0 Å². The zero-order chi connectivity index (χ0) is 13.1. The maximum absolute atomic E-state index is 9.49. The van der Waals surface area contributed by atoms with Crippen molar-refractivity contribution in [2.75, 3.05) is 26.2 Å². The maximum Gasteiger partial charge on any atom is 0.0597 e. The third-order valence-electron chi connectivity index (χ3n) is 5.58. The lowest BCUT2D eigenvalue weighted by molar-refractivity contribution is 0.0578. The van der Waals surface area contributed by atoms with Gasteiger partial charge in [0.05, 0.1) is 6.61 Å². The van der Waals surface area contributed by atoms with Gasteiger partial charge in [-0.25, -0.2) is 0 Å². The molecule has 1 spiro atoms. The minimum atomic E-state index is 0.290. The van der Waals surface area contributed by atoms with Gasteiger partial charge in [0.2, 0.25) is 0 Å². The Hall–Kier alpha value is -0.120. The average Bonchev–Trinajstić information content (AvgIpc) is 3.26. The van der Waals surface area contributed by atoms with Crippen molar-refractivity contribution in [1.82, 2.24) is 10.2 Å². The van der Waals surface area contributed by atoms with Crippen molar-refractivity contribution >= 4 is 0 Å². The first-order valence-electron chi connectivity index (χ1n) is 8.39. The maximum atomic E-state index is 9.49. The molecule has 2 aliphatic carbocycles. The van der Waals surface area contributed by atoms with Crippen molar-refractivity contribution in [2.24, 2.45) is 5.41 Å². The van der Waals surface area contributed by atoms with Crippen LogP contribution in [-0.4, -0.2) is 48.3 Å². The molecule has 3 heteroatoms. The molecule has 0 aromatic carbocycles. The highest BCUT2D eigenvalue weighted by Gasteiger charge is 2.36. The van der Waals surface area contributed by atoms with E-state index in [1.54, 1.807) is 0 Å². The summed E-state index contributed by atoms with van der Waals surface area (Å²) in [7, 11) is 0. The molecule has 110 valence electrons. The molecule has 2 N–H and O–H groups in total. The van der Waals surface area contributed by atoms with Crippen molar-refractivity contribution in [3.63, 3.8) is 0 Å². The fourth-order valence-electron chi connectivity index (χ4n) is 4.07. The van der Waals surface area contributed by atoms with Gasteiger partial charge in [0.1, 0.15) is 0 Å². The largest absolute Gasteiger partial charge is 0.395 e. The van der Waals surface area contributed by atoms with Crippen LogP contribution in [0.15, 0.2) is 0 Å². The molecule has 1 aliphatic heterocycles. The normalized spacial score (nSPS) is 29.5. The highest BCUT2D eigenvalue weighted by molar-refractivity contribution is 4.90. The van der Waals surface area contributed by atoms with Crippen LogP contribution in [0.3, 0.4) is 0 Å². The zero-order valence-corrected chi connectivity index (χ0v) is 12.2. The first kappa shape index (κ1) is 13.8. The Morgan fingerprint density at radius 2 is 1.74 bits per heavy atom. The molecule has 1 saturated heterocycles. The minimum Gasteiger partial charge on any atom is -0.395 e. The highest BCUT2D eigenvalue weighted by atomic mass is 16.3. The molecule has 0 amide bonds. The Balaban J connectivity index is 1.43. The number of nitrogens with zero attached hydrogens (tertiary/aromatic N) is 1. The summed E-state index contributed by atoms with van der Waals surface area (Å²) >= 11 is 0. The van der Waals surface area contributed by atoms with Crippen LogP contribution in [0.4, 0.5) is 0 Å². The Morgan fingerprint density at radius 1 is 1.05 bits per heavy atom. The van der Waals surface area contributed by atoms with Crippen LogP contribution in [0.1, 0.15) is 57.8 Å². The summed E-state index contributed by atoms with van der Waals surface area (Å²) in [5, 5.41) is 13.1. The summed E-state index contributed by atoms with van der Waals surface area (Å²) in [6.07, 6.45) is 12.7. The second kappa shape index (κ2) is 6.11. The highest BCUT2D eigenvalue weighted by Crippen LogP contribution is 2.44. The van der Waals surface area contributed by atoms with E-state index < -0.39 is 0 Å². The van der Waals surface area contributed by atoms with E-state index >= 15 is 0 Å². The van der Waals surface area contributed by atoms with Crippen LogP contribution < -0.4 is 5.32 Å². The molecule has 1 atom stereocenters. The van der Waals surface area contributed by atoms with E-state index in [9.17, 15) is 5.11 Å². The Morgan fingerprint density at radius 3 is 2.32 bits per heavy atom. The molecule has 3 rings (SSSR count). The van der Waals surface area contributed by atoms with Gasteiger partial charge < -0.3 is 15.3 Å².